The third-order valence-corrected chi connectivity index (χ3v) is 10.7. The van der Waals surface area contributed by atoms with E-state index in [0.29, 0.717) is 26.4 Å². The molecule has 0 amide bonds. The largest absolute Gasteiger partial charge is 1.00 e. The summed E-state index contributed by atoms with van der Waals surface area (Å²) in [6.45, 7) is 17.3. The van der Waals surface area contributed by atoms with Crippen molar-refractivity contribution in [3.63, 3.8) is 0 Å². The van der Waals surface area contributed by atoms with Crippen molar-refractivity contribution in [2.75, 3.05) is 21.3 Å². The van der Waals surface area contributed by atoms with Crippen LogP contribution in [0.25, 0.3) is 0 Å². The normalized spacial score (nSPS) is 12.9. The summed E-state index contributed by atoms with van der Waals surface area (Å²) in [5.41, 5.74) is 6.49. The minimum Gasteiger partial charge on any atom is -1.00 e. The average molecular weight is 818 g/mol. The molecule has 0 saturated carbocycles. The summed E-state index contributed by atoms with van der Waals surface area (Å²) in [5, 5.41) is 7.00. The van der Waals surface area contributed by atoms with Crippen LogP contribution in [0.4, 0.5) is 0 Å². The Bertz CT molecular complexity index is 1790. The second-order valence-corrected chi connectivity index (χ2v) is 18.0. The van der Waals surface area contributed by atoms with Gasteiger partial charge < -0.3 is 25.5 Å². The molecule has 0 saturated heterocycles. The van der Waals surface area contributed by atoms with Gasteiger partial charge in [-0.3, -0.25) is 9.97 Å². The first-order valence-electron chi connectivity index (χ1n) is 17.5. The first-order chi connectivity index (χ1) is 25.6. The number of aliphatic hydroxyl groups excluding tert-OH is 1. The maximum absolute atomic E-state index is 12.3. The van der Waals surface area contributed by atoms with Crippen molar-refractivity contribution in [2.24, 2.45) is 4.40 Å². The molecule has 15 heteroatoms. The van der Waals surface area contributed by atoms with Gasteiger partial charge in [0.2, 0.25) is 0 Å². The molecular formula is C41H59BN4NaO7S2. The molecule has 301 valence electrons. The zero-order valence-electron chi connectivity index (χ0n) is 36.1. The Hall–Kier alpha value is -2.79. The summed E-state index contributed by atoms with van der Waals surface area (Å²) in [5.74, 6) is 1.66. The summed E-state index contributed by atoms with van der Waals surface area (Å²) in [4.78, 5) is 8.69. The van der Waals surface area contributed by atoms with E-state index in [4.69, 9.17) is 24.1 Å². The SMILES string of the molecule is CO.COc1ccc(COCc2cc(C(C)=N[S@](=O)C(C)(C)C)ccn2)cc1.COc1ccc(COCc2cc(C(C)N[S@](=O)C(C)(C)C)ccn2)cc1.[B].[H-].[Na+]. The second kappa shape index (κ2) is 27.0. The van der Waals surface area contributed by atoms with E-state index in [-0.39, 0.29) is 54.9 Å². The van der Waals surface area contributed by atoms with Crippen molar-refractivity contribution in [3.05, 3.63) is 119 Å². The Kier molecular flexibility index (Phi) is 25.7. The summed E-state index contributed by atoms with van der Waals surface area (Å²) in [6.07, 6.45) is 3.49. The van der Waals surface area contributed by atoms with E-state index in [1.54, 1.807) is 26.6 Å². The number of nitrogens with zero attached hydrogens (tertiary/aromatic N) is 3. The van der Waals surface area contributed by atoms with Crippen molar-refractivity contribution < 1.29 is 63.5 Å². The van der Waals surface area contributed by atoms with Crippen LogP contribution < -0.4 is 43.8 Å². The zero-order chi connectivity index (χ0) is 40.3. The molecule has 0 fully saturated rings. The molecule has 0 bridgehead atoms. The maximum Gasteiger partial charge on any atom is 1.00 e. The van der Waals surface area contributed by atoms with Gasteiger partial charge in [0.15, 0.2) is 0 Å². The minimum absolute atomic E-state index is 0. The summed E-state index contributed by atoms with van der Waals surface area (Å²) in [6, 6.07) is 23.3. The standard InChI is InChI=1S/C20H28N2O3S.C20H26N2O3S.CH4O.B.Na.H/c2*1-15(22-26(23)20(2,3)4)17-10-11-21-18(12-17)14-25-13-16-6-8-19(24-5)9-7-16;1-2;;;/h6-12,15,22H,13-14H2,1-5H3;6-12H,13-14H2,1-5H3;2H,1H3;;;/q;;;;+1;-1/t15?,26-;26-;;;;/m11..../s1. The molecule has 4 aromatic rings. The summed E-state index contributed by atoms with van der Waals surface area (Å²) in [7, 11) is 1.89. The van der Waals surface area contributed by atoms with Gasteiger partial charge in [-0.15, -0.1) is 0 Å². The van der Waals surface area contributed by atoms with E-state index in [2.05, 4.69) is 19.1 Å². The van der Waals surface area contributed by atoms with Crippen LogP contribution in [0.15, 0.2) is 89.6 Å². The quantitative estimate of drug-likeness (QED) is 0.133. The number of methoxy groups -OCH3 is 2. The van der Waals surface area contributed by atoms with Gasteiger partial charge in [0, 0.05) is 34.0 Å². The zero-order valence-corrected chi connectivity index (χ0v) is 38.8. The Morgan fingerprint density at radius 1 is 0.750 bits per heavy atom. The summed E-state index contributed by atoms with van der Waals surface area (Å²) >= 11 is 0. The molecule has 2 aromatic heterocycles. The smallest absolute Gasteiger partial charge is 1.00 e. The number of ether oxygens (including phenoxy) is 4. The first-order valence-corrected chi connectivity index (χ1v) is 19.8. The first kappa shape index (κ1) is 53.2. The van der Waals surface area contributed by atoms with Crippen LogP contribution in [-0.2, 0) is 57.9 Å². The number of pyridine rings is 2. The van der Waals surface area contributed by atoms with Crippen LogP contribution in [0, 0.1) is 0 Å². The van der Waals surface area contributed by atoms with Gasteiger partial charge in [0.1, 0.15) is 22.5 Å². The minimum atomic E-state index is -1.28. The molecule has 2 heterocycles. The Balaban J connectivity index is 0. The van der Waals surface area contributed by atoms with Crippen LogP contribution in [0.5, 0.6) is 11.5 Å². The van der Waals surface area contributed by atoms with E-state index in [1.165, 1.54) is 0 Å². The number of aliphatic hydroxyl groups is 1. The van der Waals surface area contributed by atoms with Crippen molar-refractivity contribution in [1.82, 2.24) is 14.7 Å². The van der Waals surface area contributed by atoms with Gasteiger partial charge in [-0.25, -0.2) is 13.1 Å². The van der Waals surface area contributed by atoms with Crippen molar-refractivity contribution in [3.8, 4) is 11.5 Å². The topological polar surface area (TPSA) is 141 Å². The third kappa shape index (κ3) is 19.6. The van der Waals surface area contributed by atoms with Gasteiger partial charge in [0.25, 0.3) is 0 Å². The molecule has 11 nitrogen and oxygen atoms in total. The molecular weight excluding hydrogens is 758 g/mol. The molecule has 0 aliphatic heterocycles. The Morgan fingerprint density at radius 2 is 1.20 bits per heavy atom. The Labute approximate surface area is 365 Å². The Morgan fingerprint density at radius 3 is 1.62 bits per heavy atom. The van der Waals surface area contributed by atoms with Crippen molar-refractivity contribution in [2.45, 2.75) is 97.4 Å². The molecule has 3 radical (unpaired) electrons. The van der Waals surface area contributed by atoms with Gasteiger partial charge in [-0.1, -0.05) is 24.3 Å². The number of hydrogen-bond acceptors (Lipinski definition) is 9. The number of benzene rings is 2. The van der Waals surface area contributed by atoms with Gasteiger partial charge >= 0.3 is 29.6 Å². The van der Waals surface area contributed by atoms with Crippen molar-refractivity contribution in [1.29, 1.82) is 0 Å². The molecule has 2 N–H and O–H groups in total. The monoisotopic (exact) mass is 817 g/mol. The maximum atomic E-state index is 12.3. The van der Waals surface area contributed by atoms with Gasteiger partial charge in [0.05, 0.1) is 78.2 Å². The fourth-order valence-electron chi connectivity index (χ4n) is 4.34. The van der Waals surface area contributed by atoms with E-state index in [9.17, 15) is 8.42 Å². The van der Waals surface area contributed by atoms with Crippen molar-refractivity contribution >= 4 is 36.1 Å². The van der Waals surface area contributed by atoms with Crippen LogP contribution in [0.2, 0.25) is 0 Å². The van der Waals surface area contributed by atoms with Gasteiger partial charge in [-0.05, 0) is 126 Å². The van der Waals surface area contributed by atoms with Crippen LogP contribution >= 0.6 is 0 Å². The molecule has 0 aliphatic rings. The van der Waals surface area contributed by atoms with Crippen LogP contribution in [-0.4, -0.2) is 68.4 Å². The number of rotatable bonds is 15. The van der Waals surface area contributed by atoms with E-state index < -0.39 is 22.0 Å². The van der Waals surface area contributed by atoms with Crippen LogP contribution in [0.1, 0.15) is 96.5 Å². The van der Waals surface area contributed by atoms with E-state index in [1.807, 2.05) is 128 Å². The number of hydrogen-bond donors (Lipinski definition) is 2. The number of aromatic nitrogens is 2. The fraction of sp³-hybridized carbons (Fsp3) is 0.439. The van der Waals surface area contributed by atoms with Crippen LogP contribution in [0.3, 0.4) is 0 Å². The second-order valence-electron chi connectivity index (χ2n) is 14.1. The number of nitrogens with one attached hydrogen (secondary N) is 1. The molecule has 4 rings (SSSR count). The predicted molar refractivity (Wildman–Crippen MR) is 226 cm³/mol. The predicted octanol–water partition coefficient (Wildman–Crippen LogP) is 4.34. The molecule has 0 spiro atoms. The van der Waals surface area contributed by atoms with E-state index >= 15 is 0 Å². The molecule has 1 unspecified atom stereocenters. The molecule has 0 aliphatic carbocycles. The summed E-state index contributed by atoms with van der Waals surface area (Å²) < 4.78 is 53.0. The average Bonchev–Trinajstić information content (AvgIpc) is 3.16. The fourth-order valence-corrected chi connectivity index (χ4v) is 5.78. The molecule has 3 atom stereocenters. The molecule has 2 aromatic carbocycles. The third-order valence-electron chi connectivity index (χ3n) is 7.51. The van der Waals surface area contributed by atoms with E-state index in [0.717, 1.165) is 58.0 Å². The van der Waals surface area contributed by atoms with Gasteiger partial charge in [-0.2, -0.15) is 4.40 Å². The molecule has 56 heavy (non-hydrogen) atoms.